The van der Waals surface area contributed by atoms with E-state index in [1.54, 1.807) is 7.05 Å². The van der Waals surface area contributed by atoms with E-state index in [4.69, 9.17) is 4.74 Å². The third-order valence-corrected chi connectivity index (χ3v) is 4.74. The molecule has 144 valence electrons. The Bertz CT molecular complexity index is 452. The number of aliphatic imine (C=N–C) groups is 1. The highest BCUT2D eigenvalue weighted by Crippen LogP contribution is 2.10. The Hall–Kier alpha value is -0.130. The molecule has 0 radical (unpaired) electrons. The largest absolute Gasteiger partial charge is 0.379 e. The fourth-order valence-electron chi connectivity index (χ4n) is 2.56. The van der Waals surface area contributed by atoms with E-state index in [1.165, 1.54) is 19.2 Å². The summed E-state index contributed by atoms with van der Waals surface area (Å²) in [5.74, 6) is 0.849. The maximum absolute atomic E-state index is 11.0. The second-order valence-electron chi connectivity index (χ2n) is 6.00. The van der Waals surface area contributed by atoms with Crippen molar-refractivity contribution in [3.63, 3.8) is 0 Å². The minimum absolute atomic E-state index is 0. The van der Waals surface area contributed by atoms with E-state index in [9.17, 15) is 8.42 Å². The van der Waals surface area contributed by atoms with Gasteiger partial charge in [-0.2, -0.15) is 0 Å². The summed E-state index contributed by atoms with van der Waals surface area (Å²) in [5.41, 5.74) is 0. The molecule has 9 heteroatoms. The number of nitrogens with zero attached hydrogens (tertiary/aromatic N) is 2. The fraction of sp³-hybridized carbons (Fsp3) is 0.933. The molecule has 0 atom stereocenters. The number of likely N-dealkylation sites (tertiary alicyclic amines) is 1. The number of guanidine groups is 1. The zero-order valence-corrected chi connectivity index (χ0v) is 18.2. The lowest BCUT2D eigenvalue weighted by Gasteiger charge is -2.32. The molecule has 1 heterocycles. The lowest BCUT2D eigenvalue weighted by Crippen LogP contribution is -2.49. The highest BCUT2D eigenvalue weighted by Gasteiger charge is 2.19. The van der Waals surface area contributed by atoms with Crippen molar-refractivity contribution >= 4 is 39.8 Å². The van der Waals surface area contributed by atoms with Gasteiger partial charge in [-0.3, -0.25) is 4.99 Å². The molecule has 0 bridgehead atoms. The second kappa shape index (κ2) is 13.1. The summed E-state index contributed by atoms with van der Waals surface area (Å²) in [6.07, 6.45) is 4.68. The van der Waals surface area contributed by atoms with Crippen molar-refractivity contribution < 1.29 is 13.2 Å². The van der Waals surface area contributed by atoms with Crippen LogP contribution in [-0.2, 0) is 14.6 Å². The second-order valence-corrected chi connectivity index (χ2v) is 8.26. The zero-order valence-electron chi connectivity index (χ0n) is 15.1. The van der Waals surface area contributed by atoms with Crippen LogP contribution < -0.4 is 10.6 Å². The van der Waals surface area contributed by atoms with Gasteiger partial charge in [0.05, 0.1) is 19.0 Å². The van der Waals surface area contributed by atoms with Crippen LogP contribution in [0.5, 0.6) is 0 Å². The normalized spacial score (nSPS) is 17.4. The molecule has 0 unspecified atom stereocenters. The molecule has 0 saturated carbocycles. The summed E-state index contributed by atoms with van der Waals surface area (Å²) >= 11 is 0. The molecule has 7 nitrogen and oxygen atoms in total. The number of sulfone groups is 1. The SMILES string of the molecule is CCCN1CCC(NC(=NC)NCCOCCS(C)(=O)=O)CC1.I. The summed E-state index contributed by atoms with van der Waals surface area (Å²) in [7, 11) is -1.19. The molecule has 2 N–H and O–H groups in total. The van der Waals surface area contributed by atoms with Crippen LogP contribution in [0.25, 0.3) is 0 Å². The predicted octanol–water partition coefficient (Wildman–Crippen LogP) is 0.705. The van der Waals surface area contributed by atoms with Gasteiger partial charge in [0.2, 0.25) is 0 Å². The predicted molar refractivity (Wildman–Crippen MR) is 110 cm³/mol. The molecular weight excluding hydrogens is 443 g/mol. The molecule has 0 aromatic carbocycles. The average Bonchev–Trinajstić information content (AvgIpc) is 2.50. The lowest BCUT2D eigenvalue weighted by molar-refractivity contribution is 0.153. The average molecular weight is 476 g/mol. The van der Waals surface area contributed by atoms with Crippen molar-refractivity contribution in [3.05, 3.63) is 0 Å². The van der Waals surface area contributed by atoms with Crippen LogP contribution in [0.3, 0.4) is 0 Å². The van der Waals surface area contributed by atoms with E-state index in [-0.39, 0.29) is 36.3 Å². The molecular formula is C15H33IN4O3S. The smallest absolute Gasteiger partial charge is 0.191 e. The monoisotopic (exact) mass is 476 g/mol. The number of rotatable bonds is 9. The Balaban J connectivity index is 0.00000529. The first-order chi connectivity index (χ1) is 10.9. The molecule has 0 aromatic rings. The Morgan fingerprint density at radius 3 is 2.50 bits per heavy atom. The highest BCUT2D eigenvalue weighted by molar-refractivity contribution is 14.0. The molecule has 0 spiro atoms. The number of hydrogen-bond donors (Lipinski definition) is 2. The molecule has 1 fully saturated rings. The van der Waals surface area contributed by atoms with E-state index in [2.05, 4.69) is 27.4 Å². The molecule has 1 aliphatic rings. The first-order valence-corrected chi connectivity index (χ1v) is 10.5. The number of ether oxygens (including phenoxy) is 1. The van der Waals surface area contributed by atoms with Gasteiger partial charge in [-0.05, 0) is 25.8 Å². The molecule has 0 aliphatic carbocycles. The van der Waals surface area contributed by atoms with E-state index >= 15 is 0 Å². The number of piperidine rings is 1. The van der Waals surface area contributed by atoms with Gasteiger partial charge >= 0.3 is 0 Å². The van der Waals surface area contributed by atoms with Crippen LogP contribution in [0.4, 0.5) is 0 Å². The van der Waals surface area contributed by atoms with Crippen LogP contribution >= 0.6 is 24.0 Å². The van der Waals surface area contributed by atoms with Crippen molar-refractivity contribution in [1.29, 1.82) is 0 Å². The first kappa shape index (κ1) is 23.9. The molecule has 24 heavy (non-hydrogen) atoms. The zero-order chi connectivity index (χ0) is 17.1. The molecule has 1 rings (SSSR count). The summed E-state index contributed by atoms with van der Waals surface area (Å²) in [6.45, 7) is 6.98. The van der Waals surface area contributed by atoms with Gasteiger partial charge in [0.15, 0.2) is 5.96 Å². The van der Waals surface area contributed by atoms with Gasteiger partial charge in [0.25, 0.3) is 0 Å². The minimum Gasteiger partial charge on any atom is -0.379 e. The molecule has 1 aliphatic heterocycles. The quantitative estimate of drug-likeness (QED) is 0.221. The minimum atomic E-state index is -2.95. The van der Waals surface area contributed by atoms with E-state index in [1.807, 2.05) is 0 Å². The van der Waals surface area contributed by atoms with Crippen LogP contribution in [0, 0.1) is 0 Å². The highest BCUT2D eigenvalue weighted by atomic mass is 127. The van der Waals surface area contributed by atoms with Gasteiger partial charge in [0.1, 0.15) is 9.84 Å². The van der Waals surface area contributed by atoms with Crippen molar-refractivity contribution in [2.75, 3.05) is 58.4 Å². The van der Waals surface area contributed by atoms with Crippen molar-refractivity contribution in [2.45, 2.75) is 32.2 Å². The van der Waals surface area contributed by atoms with Crippen molar-refractivity contribution in [3.8, 4) is 0 Å². The third-order valence-electron chi connectivity index (χ3n) is 3.83. The standard InChI is InChI=1S/C15H32N4O3S.HI/c1-4-8-19-9-5-14(6-10-19)18-15(16-2)17-7-11-22-12-13-23(3,20)21;/h14H,4-13H2,1-3H3,(H2,16,17,18);1H. The van der Waals surface area contributed by atoms with Gasteiger partial charge in [-0.15, -0.1) is 24.0 Å². The first-order valence-electron chi connectivity index (χ1n) is 8.39. The Kier molecular flexibility index (Phi) is 13.1. The number of hydrogen-bond acceptors (Lipinski definition) is 5. The van der Waals surface area contributed by atoms with Crippen molar-refractivity contribution in [1.82, 2.24) is 15.5 Å². The van der Waals surface area contributed by atoms with Crippen LogP contribution in [0.15, 0.2) is 4.99 Å². The van der Waals surface area contributed by atoms with Crippen LogP contribution in [0.1, 0.15) is 26.2 Å². The van der Waals surface area contributed by atoms with Crippen LogP contribution in [0.2, 0.25) is 0 Å². The third kappa shape index (κ3) is 11.4. The molecule has 0 amide bonds. The van der Waals surface area contributed by atoms with Gasteiger partial charge in [0, 0.05) is 39.0 Å². The Labute approximate surface area is 163 Å². The molecule has 1 saturated heterocycles. The maximum Gasteiger partial charge on any atom is 0.191 e. The summed E-state index contributed by atoms with van der Waals surface area (Å²) in [5, 5.41) is 6.65. The van der Waals surface area contributed by atoms with E-state index in [0.29, 0.717) is 19.2 Å². The molecule has 0 aromatic heterocycles. The Morgan fingerprint density at radius 2 is 1.96 bits per heavy atom. The van der Waals surface area contributed by atoms with E-state index in [0.717, 1.165) is 31.9 Å². The summed E-state index contributed by atoms with van der Waals surface area (Å²) < 4.78 is 27.3. The van der Waals surface area contributed by atoms with Gasteiger partial charge < -0.3 is 20.3 Å². The van der Waals surface area contributed by atoms with Gasteiger partial charge in [-0.25, -0.2) is 8.42 Å². The summed E-state index contributed by atoms with van der Waals surface area (Å²) in [4.78, 5) is 6.73. The fourth-order valence-corrected chi connectivity index (χ4v) is 2.98. The lowest BCUT2D eigenvalue weighted by atomic mass is 10.1. The maximum atomic E-state index is 11.0. The van der Waals surface area contributed by atoms with Crippen LogP contribution in [-0.4, -0.2) is 83.8 Å². The number of halogens is 1. The van der Waals surface area contributed by atoms with E-state index < -0.39 is 9.84 Å². The van der Waals surface area contributed by atoms with Gasteiger partial charge in [-0.1, -0.05) is 6.92 Å². The number of nitrogens with one attached hydrogen (secondary N) is 2. The summed E-state index contributed by atoms with van der Waals surface area (Å²) in [6, 6.07) is 0.459. The topological polar surface area (TPSA) is 83.0 Å². The van der Waals surface area contributed by atoms with Crippen molar-refractivity contribution in [2.24, 2.45) is 4.99 Å². The Morgan fingerprint density at radius 1 is 1.29 bits per heavy atom.